The number of hydrogen-bond acceptors (Lipinski definition) is 4. The van der Waals surface area contributed by atoms with Crippen molar-refractivity contribution in [1.82, 2.24) is 4.98 Å². The predicted molar refractivity (Wildman–Crippen MR) is 91.1 cm³/mol. The number of aromatic nitrogens is 2. The summed E-state index contributed by atoms with van der Waals surface area (Å²) in [5.74, 6) is 2.11. The van der Waals surface area contributed by atoms with Gasteiger partial charge in [-0.1, -0.05) is 34.2 Å². The van der Waals surface area contributed by atoms with Gasteiger partial charge in [0.25, 0.3) is 5.88 Å². The number of fused-ring (bicyclic) bond motifs is 5. The smallest absolute Gasteiger partial charge is 0.363 e. The van der Waals surface area contributed by atoms with Gasteiger partial charge in [-0.15, -0.1) is 0 Å². The molecule has 2 aliphatic rings. The summed E-state index contributed by atoms with van der Waals surface area (Å²) in [6.45, 7) is 3.09. The zero-order valence-electron chi connectivity index (χ0n) is 12.0. The predicted octanol–water partition coefficient (Wildman–Crippen LogP) is 3.73. The number of aryl methyl sites for hydroxylation is 2. The van der Waals surface area contributed by atoms with E-state index >= 15 is 0 Å². The molecule has 2 aromatic heterocycles. The summed E-state index contributed by atoms with van der Waals surface area (Å²) in [5.41, 5.74) is 1.51. The molecule has 4 rings (SSSR count). The number of rotatable bonds is 3. The number of halogens is 1. The molecule has 0 N–H and O–H groups in total. The maximum atomic E-state index is 6.25. The first-order chi connectivity index (χ1) is 10.3. The summed E-state index contributed by atoms with van der Waals surface area (Å²) in [5, 5.41) is 3.29. The highest BCUT2D eigenvalue weighted by Crippen LogP contribution is 2.41. The molecule has 3 heterocycles. The lowest BCUT2D eigenvalue weighted by molar-refractivity contribution is -0.721. The Bertz CT molecular complexity index is 701. The number of thioether (sulfide) groups is 1. The Morgan fingerprint density at radius 2 is 2.29 bits per heavy atom. The van der Waals surface area contributed by atoms with E-state index in [9.17, 15) is 0 Å². The van der Waals surface area contributed by atoms with Crippen LogP contribution in [0.4, 0.5) is 0 Å². The monoisotopic (exact) mass is 385 g/mol. The molecule has 3 nitrogen and oxygen atoms in total. The van der Waals surface area contributed by atoms with Crippen molar-refractivity contribution in [2.45, 2.75) is 50.4 Å². The van der Waals surface area contributed by atoms with Crippen molar-refractivity contribution in [3.05, 3.63) is 10.4 Å². The first kappa shape index (κ1) is 14.3. The lowest BCUT2D eigenvalue weighted by Gasteiger charge is -2.10. The zero-order chi connectivity index (χ0) is 14.4. The summed E-state index contributed by atoms with van der Waals surface area (Å²) < 4.78 is 8.55. The SMILES string of the molecule is CCSc1nc2sc3c(c2c2[n+]1C[C@@H](CBr)O2)CCCC3. The van der Waals surface area contributed by atoms with Crippen LogP contribution >= 0.6 is 39.0 Å². The maximum absolute atomic E-state index is 6.25. The highest BCUT2D eigenvalue weighted by Gasteiger charge is 2.37. The molecule has 0 aromatic carbocycles. The normalized spacial score (nSPS) is 20.4. The van der Waals surface area contributed by atoms with Gasteiger partial charge >= 0.3 is 5.16 Å². The fourth-order valence-corrected chi connectivity index (χ4v) is 5.60. The lowest BCUT2D eigenvalue weighted by Crippen LogP contribution is -2.36. The summed E-state index contributed by atoms with van der Waals surface area (Å²) in [7, 11) is 0. The molecule has 0 fully saturated rings. The molecule has 0 spiro atoms. The van der Waals surface area contributed by atoms with E-state index in [1.807, 2.05) is 23.1 Å². The summed E-state index contributed by atoms with van der Waals surface area (Å²) in [4.78, 5) is 7.68. The van der Waals surface area contributed by atoms with E-state index in [4.69, 9.17) is 9.72 Å². The van der Waals surface area contributed by atoms with Gasteiger partial charge in [0.05, 0.1) is 0 Å². The van der Waals surface area contributed by atoms with Crippen molar-refractivity contribution in [2.75, 3.05) is 11.1 Å². The Labute approximate surface area is 141 Å². The average molecular weight is 386 g/mol. The lowest BCUT2D eigenvalue weighted by atomic mass is 9.97. The van der Waals surface area contributed by atoms with Gasteiger partial charge in [0.15, 0.2) is 0 Å². The zero-order valence-corrected chi connectivity index (χ0v) is 15.2. The Morgan fingerprint density at radius 3 is 3.10 bits per heavy atom. The second-order valence-corrected chi connectivity index (χ2v) is 8.49. The third-order valence-corrected chi connectivity index (χ3v) is 6.92. The van der Waals surface area contributed by atoms with Crippen molar-refractivity contribution >= 4 is 49.2 Å². The largest absolute Gasteiger partial charge is 0.453 e. The number of alkyl halides is 1. The van der Waals surface area contributed by atoms with Gasteiger partial charge in [-0.25, -0.2) is 0 Å². The van der Waals surface area contributed by atoms with Crippen LogP contribution in [0, 0.1) is 0 Å². The van der Waals surface area contributed by atoms with Crippen molar-refractivity contribution in [3.8, 4) is 5.88 Å². The molecule has 1 aliphatic heterocycles. The van der Waals surface area contributed by atoms with E-state index in [2.05, 4.69) is 27.4 Å². The molecular formula is C15H18BrN2OS2+. The molecule has 0 amide bonds. The molecule has 21 heavy (non-hydrogen) atoms. The molecule has 0 radical (unpaired) electrons. The summed E-state index contributed by atoms with van der Waals surface area (Å²) >= 11 is 7.27. The van der Waals surface area contributed by atoms with Gasteiger partial charge in [-0.05, 0) is 48.0 Å². The maximum Gasteiger partial charge on any atom is 0.363 e. The molecule has 1 atom stereocenters. The van der Waals surface area contributed by atoms with E-state index in [1.165, 1.54) is 46.3 Å². The highest BCUT2D eigenvalue weighted by molar-refractivity contribution is 9.09. The molecule has 2 aromatic rings. The minimum Gasteiger partial charge on any atom is -0.453 e. The summed E-state index contributed by atoms with van der Waals surface area (Å²) in [6.07, 6.45) is 5.25. The van der Waals surface area contributed by atoms with E-state index in [0.29, 0.717) is 0 Å². The molecular weight excluding hydrogens is 368 g/mol. The van der Waals surface area contributed by atoms with Crippen LogP contribution in [0.2, 0.25) is 0 Å². The van der Waals surface area contributed by atoms with Crippen molar-refractivity contribution in [2.24, 2.45) is 0 Å². The quantitative estimate of drug-likeness (QED) is 0.348. The number of hydrogen-bond donors (Lipinski definition) is 0. The van der Waals surface area contributed by atoms with E-state index in [0.717, 1.165) is 28.7 Å². The van der Waals surface area contributed by atoms with Gasteiger partial charge in [0.1, 0.15) is 18.0 Å². The Balaban J connectivity index is 1.95. The molecule has 0 saturated carbocycles. The van der Waals surface area contributed by atoms with Gasteiger partial charge < -0.3 is 4.74 Å². The molecule has 0 saturated heterocycles. The summed E-state index contributed by atoms with van der Waals surface area (Å²) in [6, 6.07) is 0. The average Bonchev–Trinajstić information content (AvgIpc) is 3.07. The van der Waals surface area contributed by atoms with Crippen LogP contribution in [-0.2, 0) is 19.4 Å². The molecule has 1 aliphatic carbocycles. The van der Waals surface area contributed by atoms with Crippen LogP contribution < -0.4 is 9.30 Å². The topological polar surface area (TPSA) is 26.0 Å². The molecule has 0 bridgehead atoms. The molecule has 112 valence electrons. The van der Waals surface area contributed by atoms with Gasteiger partial charge in [-0.3, -0.25) is 0 Å². The third kappa shape index (κ3) is 2.30. The van der Waals surface area contributed by atoms with E-state index in [1.54, 1.807) is 0 Å². The van der Waals surface area contributed by atoms with Gasteiger partial charge in [-0.2, -0.15) is 4.57 Å². The standard InChI is InChI=1S/C15H18BrN2OS2/c1-2-20-15-17-13-12(10-5-3-4-6-11(10)21-13)14-18(15)8-9(7-16)19-14/h9H,2-8H2,1H3/q+1/t9-/m1/s1. The van der Waals surface area contributed by atoms with Crippen LogP contribution in [0.1, 0.15) is 30.2 Å². The van der Waals surface area contributed by atoms with Crippen LogP contribution in [0.3, 0.4) is 0 Å². The molecule has 0 unspecified atom stereocenters. The minimum absolute atomic E-state index is 0.229. The van der Waals surface area contributed by atoms with Crippen LogP contribution in [0.25, 0.3) is 10.2 Å². The fourth-order valence-electron chi connectivity index (χ4n) is 3.22. The molecule has 6 heteroatoms. The Hall–Kier alpha value is -0.330. The minimum atomic E-state index is 0.229. The van der Waals surface area contributed by atoms with Gasteiger partial charge in [0.2, 0.25) is 4.83 Å². The van der Waals surface area contributed by atoms with E-state index in [-0.39, 0.29) is 6.10 Å². The number of ether oxygens (including phenoxy) is 1. The van der Waals surface area contributed by atoms with E-state index < -0.39 is 0 Å². The number of thiophene rings is 1. The third-order valence-electron chi connectivity index (χ3n) is 4.15. The second-order valence-electron chi connectivity index (χ2n) is 5.53. The first-order valence-corrected chi connectivity index (χ1v) is 10.5. The number of nitrogens with zero attached hydrogens (tertiary/aromatic N) is 2. The van der Waals surface area contributed by atoms with Crippen molar-refractivity contribution in [3.63, 3.8) is 0 Å². The van der Waals surface area contributed by atoms with Crippen molar-refractivity contribution in [1.29, 1.82) is 0 Å². The Morgan fingerprint density at radius 1 is 1.43 bits per heavy atom. The van der Waals surface area contributed by atoms with Crippen LogP contribution in [-0.4, -0.2) is 22.2 Å². The van der Waals surface area contributed by atoms with Crippen LogP contribution in [0.15, 0.2) is 5.16 Å². The van der Waals surface area contributed by atoms with Crippen molar-refractivity contribution < 1.29 is 9.30 Å². The highest BCUT2D eigenvalue weighted by atomic mass is 79.9. The van der Waals surface area contributed by atoms with Crippen LogP contribution in [0.5, 0.6) is 5.88 Å². The first-order valence-electron chi connectivity index (χ1n) is 7.55. The van der Waals surface area contributed by atoms with Gasteiger partial charge in [0, 0.05) is 16.0 Å². The second kappa shape index (κ2) is 5.70. The Kier molecular flexibility index (Phi) is 3.88. The fraction of sp³-hybridized carbons (Fsp3) is 0.600.